The summed E-state index contributed by atoms with van der Waals surface area (Å²) >= 11 is 5.80. The van der Waals surface area contributed by atoms with Crippen LogP contribution in [0, 0.1) is 0 Å². The van der Waals surface area contributed by atoms with Crippen LogP contribution in [0.3, 0.4) is 0 Å². The summed E-state index contributed by atoms with van der Waals surface area (Å²) in [5.74, 6) is -0.451. The van der Waals surface area contributed by atoms with Crippen molar-refractivity contribution in [2.24, 2.45) is 5.73 Å². The maximum atomic E-state index is 10.7. The van der Waals surface area contributed by atoms with Crippen LogP contribution < -0.4 is 10.6 Å². The summed E-state index contributed by atoms with van der Waals surface area (Å²) in [4.78, 5) is 12.8. The molecule has 0 radical (unpaired) electrons. The summed E-state index contributed by atoms with van der Waals surface area (Å²) in [7, 11) is 1.66. The Morgan fingerprint density at radius 1 is 1.40 bits per heavy atom. The highest BCUT2D eigenvalue weighted by atomic mass is 35.5. The number of methoxy groups -OCH3 is 1. The first-order valence-electron chi connectivity index (χ1n) is 6.45. The number of carboxylic acids is 1. The Morgan fingerprint density at radius 3 is 2.55 bits per heavy atom. The molecule has 20 heavy (non-hydrogen) atoms. The lowest BCUT2D eigenvalue weighted by atomic mass is 10.1. The number of ether oxygens (including phenoxy) is 1. The van der Waals surface area contributed by atoms with E-state index in [9.17, 15) is 4.79 Å². The second-order valence-corrected chi connectivity index (χ2v) is 4.86. The molecule has 1 aromatic rings. The second-order valence-electron chi connectivity index (χ2n) is 4.48. The Kier molecular flexibility index (Phi) is 7.36. The summed E-state index contributed by atoms with van der Waals surface area (Å²) in [5.41, 5.74) is 7.46. The van der Waals surface area contributed by atoms with Gasteiger partial charge in [-0.05, 0) is 24.1 Å². The van der Waals surface area contributed by atoms with Crippen LogP contribution >= 0.6 is 11.6 Å². The molecule has 3 N–H and O–H groups in total. The summed E-state index contributed by atoms with van der Waals surface area (Å²) in [6.07, 6.45) is 0.323. The number of rotatable bonds is 9. The maximum absolute atomic E-state index is 10.7. The quantitative estimate of drug-likeness (QED) is 0.673. The monoisotopic (exact) mass is 300 g/mol. The predicted molar refractivity (Wildman–Crippen MR) is 80.6 cm³/mol. The lowest BCUT2D eigenvalue weighted by molar-refractivity contribution is -0.138. The normalized spacial score (nSPS) is 12.2. The highest BCUT2D eigenvalue weighted by Gasteiger charge is 2.12. The number of carbonyl (C=O) groups is 1. The van der Waals surface area contributed by atoms with Crippen LogP contribution in [0.5, 0.6) is 0 Å². The molecule has 1 rings (SSSR count). The third-order valence-electron chi connectivity index (χ3n) is 2.99. The van der Waals surface area contributed by atoms with E-state index in [4.69, 9.17) is 27.2 Å². The highest BCUT2D eigenvalue weighted by Crippen LogP contribution is 2.16. The van der Waals surface area contributed by atoms with Crippen molar-refractivity contribution in [1.29, 1.82) is 0 Å². The molecule has 1 unspecified atom stereocenters. The summed E-state index contributed by atoms with van der Waals surface area (Å²) in [6.45, 7) is 2.12. The molecule has 0 heterocycles. The first-order valence-corrected chi connectivity index (χ1v) is 6.99. The highest BCUT2D eigenvalue weighted by molar-refractivity contribution is 6.18. The zero-order chi connectivity index (χ0) is 15.0. The molecule has 1 aromatic carbocycles. The summed E-state index contributed by atoms with van der Waals surface area (Å²) in [6, 6.07) is 6.82. The molecule has 0 spiro atoms. The van der Waals surface area contributed by atoms with Crippen molar-refractivity contribution in [2.45, 2.75) is 12.5 Å². The van der Waals surface area contributed by atoms with Crippen LogP contribution in [0.1, 0.15) is 5.56 Å². The minimum Gasteiger partial charge on any atom is -0.480 e. The van der Waals surface area contributed by atoms with Crippen molar-refractivity contribution in [1.82, 2.24) is 0 Å². The third kappa shape index (κ3) is 5.36. The number of hydrogen-bond donors (Lipinski definition) is 2. The standard InChI is InChI=1S/C14H21ClN2O3/c1-20-9-8-17(7-6-15)12-4-2-11(3-5-12)10-13(16)14(18)19/h2-5,13H,6-10,16H2,1H3,(H,18,19). The van der Waals surface area contributed by atoms with E-state index in [1.165, 1.54) is 0 Å². The minimum absolute atomic E-state index is 0.323. The van der Waals surface area contributed by atoms with E-state index < -0.39 is 12.0 Å². The molecule has 0 aliphatic heterocycles. The average molecular weight is 301 g/mol. The van der Waals surface area contributed by atoms with E-state index in [0.717, 1.165) is 24.3 Å². The van der Waals surface area contributed by atoms with Gasteiger partial charge in [-0.1, -0.05) is 12.1 Å². The molecule has 0 saturated heterocycles. The van der Waals surface area contributed by atoms with Gasteiger partial charge in [0.15, 0.2) is 0 Å². The van der Waals surface area contributed by atoms with Crippen LogP contribution in [0.4, 0.5) is 5.69 Å². The van der Waals surface area contributed by atoms with Crippen molar-refractivity contribution in [3.8, 4) is 0 Å². The lowest BCUT2D eigenvalue weighted by Crippen LogP contribution is -2.32. The van der Waals surface area contributed by atoms with Crippen LogP contribution in [0.25, 0.3) is 0 Å². The average Bonchev–Trinajstić information content (AvgIpc) is 2.44. The molecular weight excluding hydrogens is 280 g/mol. The second kappa shape index (κ2) is 8.79. The molecule has 0 aliphatic carbocycles. The molecule has 0 aliphatic rings. The number of aliphatic carboxylic acids is 1. The van der Waals surface area contributed by atoms with E-state index in [1.54, 1.807) is 7.11 Å². The molecule has 0 saturated carbocycles. The van der Waals surface area contributed by atoms with Gasteiger partial charge in [-0.2, -0.15) is 0 Å². The van der Waals surface area contributed by atoms with Crippen LogP contribution in [-0.2, 0) is 16.0 Å². The Bertz CT molecular complexity index is 411. The van der Waals surface area contributed by atoms with Crippen molar-refractivity contribution >= 4 is 23.3 Å². The van der Waals surface area contributed by atoms with Crippen LogP contribution in [0.2, 0.25) is 0 Å². The number of anilines is 1. The van der Waals surface area contributed by atoms with Gasteiger partial charge in [0.05, 0.1) is 6.61 Å². The molecule has 0 bridgehead atoms. The molecule has 0 aromatic heterocycles. The number of nitrogens with zero attached hydrogens (tertiary/aromatic N) is 1. The van der Waals surface area contributed by atoms with E-state index in [0.29, 0.717) is 18.9 Å². The zero-order valence-electron chi connectivity index (χ0n) is 11.6. The van der Waals surface area contributed by atoms with E-state index in [2.05, 4.69) is 4.90 Å². The van der Waals surface area contributed by atoms with Gasteiger partial charge in [0.1, 0.15) is 6.04 Å². The smallest absolute Gasteiger partial charge is 0.320 e. The van der Waals surface area contributed by atoms with E-state index in [1.807, 2.05) is 24.3 Å². The first-order chi connectivity index (χ1) is 9.58. The SMILES string of the molecule is COCCN(CCCl)c1ccc(CC(N)C(=O)O)cc1. The van der Waals surface area contributed by atoms with Gasteiger partial charge in [0.2, 0.25) is 0 Å². The Morgan fingerprint density at radius 2 is 2.05 bits per heavy atom. The van der Waals surface area contributed by atoms with Crippen molar-refractivity contribution in [2.75, 3.05) is 37.6 Å². The van der Waals surface area contributed by atoms with E-state index in [-0.39, 0.29) is 0 Å². The van der Waals surface area contributed by atoms with Gasteiger partial charge < -0.3 is 20.5 Å². The molecule has 0 fully saturated rings. The van der Waals surface area contributed by atoms with E-state index >= 15 is 0 Å². The number of halogens is 1. The fourth-order valence-electron chi connectivity index (χ4n) is 1.86. The van der Waals surface area contributed by atoms with Crippen LogP contribution in [-0.4, -0.2) is 49.8 Å². The first kappa shape index (κ1) is 16.8. The minimum atomic E-state index is -0.988. The number of benzene rings is 1. The molecule has 6 heteroatoms. The Balaban J connectivity index is 2.69. The Labute approximate surface area is 124 Å². The maximum Gasteiger partial charge on any atom is 0.320 e. The van der Waals surface area contributed by atoms with Gasteiger partial charge in [0.25, 0.3) is 0 Å². The molecule has 5 nitrogen and oxygen atoms in total. The number of nitrogens with two attached hydrogens (primary N) is 1. The third-order valence-corrected chi connectivity index (χ3v) is 3.16. The lowest BCUT2D eigenvalue weighted by Gasteiger charge is -2.23. The van der Waals surface area contributed by atoms with Gasteiger partial charge >= 0.3 is 5.97 Å². The predicted octanol–water partition coefficient (Wildman–Crippen LogP) is 1.33. The molecule has 112 valence electrons. The zero-order valence-corrected chi connectivity index (χ0v) is 12.3. The summed E-state index contributed by atoms with van der Waals surface area (Å²) < 4.78 is 5.08. The number of carboxylic acid groups (broad SMARTS) is 1. The van der Waals surface area contributed by atoms with Gasteiger partial charge in [0, 0.05) is 31.8 Å². The van der Waals surface area contributed by atoms with Crippen molar-refractivity contribution in [3.63, 3.8) is 0 Å². The topological polar surface area (TPSA) is 75.8 Å². The molecule has 1 atom stereocenters. The molecular formula is C14H21ClN2O3. The van der Waals surface area contributed by atoms with Crippen LogP contribution in [0.15, 0.2) is 24.3 Å². The van der Waals surface area contributed by atoms with Gasteiger partial charge in [-0.3, -0.25) is 4.79 Å². The molecule has 0 amide bonds. The van der Waals surface area contributed by atoms with Gasteiger partial charge in [-0.25, -0.2) is 0 Å². The largest absolute Gasteiger partial charge is 0.480 e. The fraction of sp³-hybridized carbons (Fsp3) is 0.500. The number of hydrogen-bond acceptors (Lipinski definition) is 4. The Hall–Kier alpha value is -1.30. The number of alkyl halides is 1. The summed E-state index contributed by atoms with van der Waals surface area (Å²) in [5, 5.41) is 8.79. The van der Waals surface area contributed by atoms with Gasteiger partial charge in [-0.15, -0.1) is 11.6 Å². The fourth-order valence-corrected chi connectivity index (χ4v) is 2.06. The van der Waals surface area contributed by atoms with Crippen molar-refractivity contribution < 1.29 is 14.6 Å². The van der Waals surface area contributed by atoms with Crippen molar-refractivity contribution in [3.05, 3.63) is 29.8 Å².